The molecule has 2 fully saturated rings. The molecule has 122 valence electrons. The second-order valence-corrected chi connectivity index (χ2v) is 7.54. The third kappa shape index (κ3) is 3.45. The lowest BCUT2D eigenvalue weighted by Gasteiger charge is -2.39. The van der Waals surface area contributed by atoms with E-state index in [2.05, 4.69) is 24.4 Å². The van der Waals surface area contributed by atoms with Gasteiger partial charge in [-0.2, -0.15) is 0 Å². The van der Waals surface area contributed by atoms with Gasteiger partial charge in [-0.15, -0.1) is 11.3 Å². The molecule has 1 aromatic heterocycles. The fourth-order valence-corrected chi connectivity index (χ4v) is 4.04. The van der Waals surface area contributed by atoms with Gasteiger partial charge < -0.3 is 19.7 Å². The van der Waals surface area contributed by atoms with Crippen LogP contribution in [0.4, 0.5) is 4.79 Å². The van der Waals surface area contributed by atoms with Crippen molar-refractivity contribution >= 4 is 17.4 Å². The molecule has 2 amide bonds. The molecule has 0 saturated carbocycles. The predicted molar refractivity (Wildman–Crippen MR) is 85.9 cm³/mol. The van der Waals surface area contributed by atoms with E-state index in [1.165, 1.54) is 9.75 Å². The van der Waals surface area contributed by atoms with Crippen molar-refractivity contribution in [3.63, 3.8) is 0 Å². The highest BCUT2D eigenvalue weighted by molar-refractivity contribution is 7.11. The van der Waals surface area contributed by atoms with Crippen LogP contribution < -0.4 is 5.32 Å². The fourth-order valence-electron chi connectivity index (χ4n) is 3.21. The van der Waals surface area contributed by atoms with Crippen LogP contribution in [-0.2, 0) is 16.0 Å². The highest BCUT2D eigenvalue weighted by Crippen LogP contribution is 2.34. The molecular formula is C16H24N2O3S. The van der Waals surface area contributed by atoms with Crippen molar-refractivity contribution in [2.24, 2.45) is 5.92 Å². The molecule has 6 heteroatoms. The lowest BCUT2D eigenvalue weighted by atomic mass is 9.90. The Morgan fingerprint density at radius 3 is 2.91 bits per heavy atom. The van der Waals surface area contributed by atoms with Crippen molar-refractivity contribution in [3.8, 4) is 0 Å². The van der Waals surface area contributed by atoms with Gasteiger partial charge in [0.1, 0.15) is 0 Å². The van der Waals surface area contributed by atoms with Gasteiger partial charge in [-0.25, -0.2) is 4.79 Å². The molecule has 3 rings (SSSR count). The normalized spacial score (nSPS) is 24.5. The maximum absolute atomic E-state index is 12.4. The number of carbonyl (C=O) groups excluding carboxylic acids is 1. The van der Waals surface area contributed by atoms with Crippen molar-refractivity contribution in [1.29, 1.82) is 0 Å². The Hall–Kier alpha value is -1.11. The Labute approximate surface area is 135 Å². The molecule has 22 heavy (non-hydrogen) atoms. The zero-order chi connectivity index (χ0) is 15.6. The Morgan fingerprint density at radius 2 is 2.23 bits per heavy atom. The maximum atomic E-state index is 12.4. The first-order valence-electron chi connectivity index (χ1n) is 7.93. The number of urea groups is 1. The summed E-state index contributed by atoms with van der Waals surface area (Å²) in [4.78, 5) is 16.7. The average molecular weight is 324 g/mol. The summed E-state index contributed by atoms with van der Waals surface area (Å²) in [5.74, 6) is -0.275. The van der Waals surface area contributed by atoms with Crippen molar-refractivity contribution in [2.45, 2.75) is 39.0 Å². The van der Waals surface area contributed by atoms with E-state index in [1.54, 1.807) is 11.3 Å². The van der Waals surface area contributed by atoms with Crippen LogP contribution in [0.1, 0.15) is 29.5 Å². The van der Waals surface area contributed by atoms with Crippen LogP contribution in [0.5, 0.6) is 0 Å². The summed E-state index contributed by atoms with van der Waals surface area (Å²) in [6, 6.07) is 4.16. The van der Waals surface area contributed by atoms with Gasteiger partial charge >= 0.3 is 6.03 Å². The number of ether oxygens (including phenoxy) is 2. The molecule has 1 N–H and O–H groups in total. The largest absolute Gasteiger partial charge is 0.347 e. The van der Waals surface area contributed by atoms with Crippen molar-refractivity contribution in [1.82, 2.24) is 10.2 Å². The summed E-state index contributed by atoms with van der Waals surface area (Å²) in [6.07, 6.45) is 2.04. The lowest BCUT2D eigenvalue weighted by molar-refractivity contribution is -0.189. The first-order chi connectivity index (χ1) is 10.6. The van der Waals surface area contributed by atoms with E-state index in [9.17, 15) is 4.79 Å². The predicted octanol–water partition coefficient (Wildman–Crippen LogP) is 2.74. The van der Waals surface area contributed by atoms with E-state index in [4.69, 9.17) is 9.47 Å². The van der Waals surface area contributed by atoms with Gasteiger partial charge in [0.25, 0.3) is 0 Å². The quantitative estimate of drug-likeness (QED) is 0.930. The molecule has 0 spiro atoms. The van der Waals surface area contributed by atoms with Crippen LogP contribution in [-0.4, -0.2) is 43.0 Å². The Kier molecular flexibility index (Phi) is 4.70. The molecule has 2 aliphatic rings. The van der Waals surface area contributed by atoms with Gasteiger partial charge in [-0.05, 0) is 38.8 Å². The highest BCUT2D eigenvalue weighted by Gasteiger charge is 2.42. The molecule has 0 aromatic carbocycles. The van der Waals surface area contributed by atoms with Crippen LogP contribution in [0.15, 0.2) is 12.1 Å². The molecular weight excluding hydrogens is 300 g/mol. The van der Waals surface area contributed by atoms with Crippen molar-refractivity contribution in [3.05, 3.63) is 21.9 Å². The van der Waals surface area contributed by atoms with Crippen LogP contribution in [0.2, 0.25) is 0 Å². The summed E-state index contributed by atoms with van der Waals surface area (Å²) in [6.45, 7) is 7.48. The SMILES string of the molecule is Cc1ccc(CNC(=O)N2CCC[C@@H](C3(C)OCCO3)C2)s1. The first-order valence-corrected chi connectivity index (χ1v) is 8.74. The number of amides is 2. The zero-order valence-electron chi connectivity index (χ0n) is 13.3. The van der Waals surface area contributed by atoms with E-state index in [-0.39, 0.29) is 11.9 Å². The molecule has 1 atom stereocenters. The number of likely N-dealkylation sites (tertiary alicyclic amines) is 1. The van der Waals surface area contributed by atoms with Crippen LogP contribution >= 0.6 is 11.3 Å². The van der Waals surface area contributed by atoms with Crippen LogP contribution in [0.25, 0.3) is 0 Å². The molecule has 5 nitrogen and oxygen atoms in total. The molecule has 0 radical (unpaired) electrons. The lowest BCUT2D eigenvalue weighted by Crippen LogP contribution is -2.51. The van der Waals surface area contributed by atoms with Gasteiger partial charge in [0.15, 0.2) is 5.79 Å². The first kappa shape index (κ1) is 15.8. The van der Waals surface area contributed by atoms with Crippen LogP contribution in [0, 0.1) is 12.8 Å². The van der Waals surface area contributed by atoms with E-state index >= 15 is 0 Å². The maximum Gasteiger partial charge on any atom is 0.317 e. The number of aryl methyl sites for hydroxylation is 1. The number of rotatable bonds is 3. The number of hydrogen-bond donors (Lipinski definition) is 1. The molecule has 0 unspecified atom stereocenters. The number of thiophene rings is 1. The number of hydrogen-bond acceptors (Lipinski definition) is 4. The highest BCUT2D eigenvalue weighted by atomic mass is 32.1. The minimum Gasteiger partial charge on any atom is -0.347 e. The number of nitrogens with one attached hydrogen (secondary N) is 1. The summed E-state index contributed by atoms with van der Waals surface area (Å²) >= 11 is 1.72. The monoisotopic (exact) mass is 324 g/mol. The number of piperidine rings is 1. The van der Waals surface area contributed by atoms with Gasteiger partial charge in [0, 0.05) is 28.8 Å². The van der Waals surface area contributed by atoms with Crippen molar-refractivity contribution in [2.75, 3.05) is 26.3 Å². The summed E-state index contributed by atoms with van der Waals surface area (Å²) in [5, 5.41) is 3.02. The molecule has 1 aromatic rings. The minimum atomic E-state index is -0.524. The molecule has 2 aliphatic heterocycles. The van der Waals surface area contributed by atoms with Crippen molar-refractivity contribution < 1.29 is 14.3 Å². The van der Waals surface area contributed by atoms with E-state index in [1.807, 2.05) is 11.8 Å². The van der Waals surface area contributed by atoms with Gasteiger partial charge in [0.2, 0.25) is 0 Å². The van der Waals surface area contributed by atoms with Gasteiger partial charge in [-0.1, -0.05) is 0 Å². The van der Waals surface area contributed by atoms with Gasteiger partial charge in [-0.3, -0.25) is 0 Å². The Balaban J connectivity index is 1.53. The average Bonchev–Trinajstić information content (AvgIpc) is 3.14. The smallest absolute Gasteiger partial charge is 0.317 e. The molecule has 3 heterocycles. The van der Waals surface area contributed by atoms with Crippen LogP contribution in [0.3, 0.4) is 0 Å². The number of nitrogens with zero attached hydrogens (tertiary/aromatic N) is 1. The fraction of sp³-hybridized carbons (Fsp3) is 0.688. The summed E-state index contributed by atoms with van der Waals surface area (Å²) in [7, 11) is 0. The van der Waals surface area contributed by atoms with E-state index in [0.29, 0.717) is 26.3 Å². The Morgan fingerprint density at radius 1 is 1.45 bits per heavy atom. The molecule has 0 bridgehead atoms. The van der Waals surface area contributed by atoms with Gasteiger partial charge in [0.05, 0.1) is 19.8 Å². The van der Waals surface area contributed by atoms with E-state index < -0.39 is 5.79 Å². The standard InChI is InChI=1S/C16H24N2O3S/c1-12-5-6-14(22-12)10-17-15(19)18-7-3-4-13(11-18)16(2)20-8-9-21-16/h5-6,13H,3-4,7-11H2,1-2H3,(H,17,19)/t13-/m1/s1. The second kappa shape index (κ2) is 6.56. The summed E-state index contributed by atoms with van der Waals surface area (Å²) < 4.78 is 11.5. The Bertz CT molecular complexity index is 525. The van der Waals surface area contributed by atoms with E-state index in [0.717, 1.165) is 19.4 Å². The molecule has 0 aliphatic carbocycles. The third-order valence-electron chi connectivity index (χ3n) is 4.52. The second-order valence-electron chi connectivity index (χ2n) is 6.17. The topological polar surface area (TPSA) is 50.8 Å². The number of carbonyl (C=O) groups is 1. The summed E-state index contributed by atoms with van der Waals surface area (Å²) in [5.41, 5.74) is 0. The molecule has 2 saturated heterocycles. The minimum absolute atomic E-state index is 0.0114. The zero-order valence-corrected chi connectivity index (χ0v) is 14.1. The third-order valence-corrected chi connectivity index (χ3v) is 5.52.